The molecule has 3 rings (SSSR count). The Morgan fingerprint density at radius 1 is 1.35 bits per heavy atom. The summed E-state index contributed by atoms with van der Waals surface area (Å²) in [6.07, 6.45) is 2.75. The molecular formula is C17H24N2O. The Morgan fingerprint density at radius 3 is 2.75 bits per heavy atom. The molecule has 1 atom stereocenters. The molecule has 2 N–H and O–H groups in total. The maximum atomic E-state index is 6.11. The van der Waals surface area contributed by atoms with Crippen LogP contribution in [0.1, 0.15) is 37.1 Å². The van der Waals surface area contributed by atoms with E-state index in [0.717, 1.165) is 30.4 Å². The molecule has 3 nitrogen and oxygen atoms in total. The fourth-order valence-corrected chi connectivity index (χ4v) is 3.16. The first kappa shape index (κ1) is 13.7. The molecule has 1 aromatic carbocycles. The van der Waals surface area contributed by atoms with Gasteiger partial charge in [0.2, 0.25) is 0 Å². The van der Waals surface area contributed by atoms with Crippen molar-refractivity contribution in [1.29, 1.82) is 0 Å². The lowest BCUT2D eigenvalue weighted by atomic mass is 10.0. The van der Waals surface area contributed by atoms with Crippen LogP contribution in [-0.2, 0) is 0 Å². The number of hydrogen-bond acceptors (Lipinski definition) is 3. The van der Waals surface area contributed by atoms with Gasteiger partial charge in [0.1, 0.15) is 11.3 Å². The second kappa shape index (κ2) is 5.58. The van der Waals surface area contributed by atoms with Gasteiger partial charge in [0.25, 0.3) is 0 Å². The van der Waals surface area contributed by atoms with Crippen LogP contribution in [-0.4, -0.2) is 24.5 Å². The minimum absolute atomic E-state index is 0.268. The summed E-state index contributed by atoms with van der Waals surface area (Å²) in [5.41, 5.74) is 8.37. The van der Waals surface area contributed by atoms with Crippen LogP contribution >= 0.6 is 0 Å². The molecule has 0 aliphatic heterocycles. The normalized spacial score (nSPS) is 17.0. The summed E-state index contributed by atoms with van der Waals surface area (Å²) < 4.78 is 5.91. The van der Waals surface area contributed by atoms with E-state index in [2.05, 4.69) is 30.9 Å². The summed E-state index contributed by atoms with van der Waals surface area (Å²) >= 11 is 0. The fraction of sp³-hybridized carbons (Fsp3) is 0.529. The Kier molecular flexibility index (Phi) is 3.81. The average molecular weight is 272 g/mol. The molecule has 1 aliphatic rings. The molecule has 108 valence electrons. The predicted octanol–water partition coefficient (Wildman–Crippen LogP) is 3.47. The molecule has 0 saturated heterocycles. The third-order valence-electron chi connectivity index (χ3n) is 4.41. The predicted molar refractivity (Wildman–Crippen MR) is 82.7 cm³/mol. The van der Waals surface area contributed by atoms with E-state index in [-0.39, 0.29) is 6.04 Å². The van der Waals surface area contributed by atoms with Crippen LogP contribution in [0, 0.1) is 12.8 Å². The molecule has 20 heavy (non-hydrogen) atoms. The zero-order valence-corrected chi connectivity index (χ0v) is 12.4. The summed E-state index contributed by atoms with van der Waals surface area (Å²) in [4.78, 5) is 2.52. The monoisotopic (exact) mass is 272 g/mol. The van der Waals surface area contributed by atoms with Gasteiger partial charge < -0.3 is 10.2 Å². The number of rotatable bonds is 6. The third kappa shape index (κ3) is 2.48. The first-order valence-electron chi connectivity index (χ1n) is 7.66. The first-order chi connectivity index (χ1) is 9.74. The number of para-hydroxylation sites is 1. The van der Waals surface area contributed by atoms with Crippen molar-refractivity contribution in [1.82, 2.24) is 4.90 Å². The maximum Gasteiger partial charge on any atom is 0.134 e. The Bertz CT molecular complexity index is 586. The van der Waals surface area contributed by atoms with E-state index in [1.54, 1.807) is 0 Å². The lowest BCUT2D eigenvalue weighted by Crippen LogP contribution is -2.35. The van der Waals surface area contributed by atoms with Crippen molar-refractivity contribution in [2.75, 3.05) is 19.6 Å². The van der Waals surface area contributed by atoms with Crippen LogP contribution in [0.3, 0.4) is 0 Å². The van der Waals surface area contributed by atoms with Gasteiger partial charge in [0.15, 0.2) is 0 Å². The molecule has 0 amide bonds. The molecule has 3 heteroatoms. The van der Waals surface area contributed by atoms with Gasteiger partial charge in [0.05, 0.1) is 6.04 Å². The molecule has 0 radical (unpaired) electrons. The van der Waals surface area contributed by atoms with Crippen molar-refractivity contribution in [3.05, 3.63) is 35.6 Å². The molecule has 1 heterocycles. The SMILES string of the molecule is CCN(CC1CC1)C(CN)c1c(C)oc2ccccc12. The van der Waals surface area contributed by atoms with Gasteiger partial charge >= 0.3 is 0 Å². The highest BCUT2D eigenvalue weighted by Gasteiger charge is 2.30. The highest BCUT2D eigenvalue weighted by Crippen LogP contribution is 2.36. The molecule has 2 aromatic rings. The van der Waals surface area contributed by atoms with Crippen molar-refractivity contribution in [3.8, 4) is 0 Å². The molecule has 1 aromatic heterocycles. The van der Waals surface area contributed by atoms with Crippen LogP contribution in [0.25, 0.3) is 11.0 Å². The van der Waals surface area contributed by atoms with Gasteiger partial charge in [0, 0.05) is 24.0 Å². The number of benzene rings is 1. The summed E-state index contributed by atoms with van der Waals surface area (Å²) in [5, 5.41) is 1.22. The van der Waals surface area contributed by atoms with Crippen molar-refractivity contribution in [3.63, 3.8) is 0 Å². The summed E-state index contributed by atoms with van der Waals surface area (Å²) in [5.74, 6) is 1.89. The van der Waals surface area contributed by atoms with Gasteiger partial charge in [-0.05, 0) is 38.3 Å². The quantitative estimate of drug-likeness (QED) is 0.875. The highest BCUT2D eigenvalue weighted by molar-refractivity contribution is 5.82. The number of fused-ring (bicyclic) bond motifs is 1. The van der Waals surface area contributed by atoms with Gasteiger partial charge in [-0.2, -0.15) is 0 Å². The van der Waals surface area contributed by atoms with E-state index in [4.69, 9.17) is 10.2 Å². The second-order valence-electron chi connectivity index (χ2n) is 5.85. The van der Waals surface area contributed by atoms with Crippen LogP contribution < -0.4 is 5.73 Å². The average Bonchev–Trinajstić information content (AvgIpc) is 3.21. The molecular weight excluding hydrogens is 248 g/mol. The van der Waals surface area contributed by atoms with E-state index in [1.807, 2.05) is 12.1 Å². The maximum absolute atomic E-state index is 6.11. The first-order valence-corrected chi connectivity index (χ1v) is 7.66. The van der Waals surface area contributed by atoms with E-state index in [9.17, 15) is 0 Å². The van der Waals surface area contributed by atoms with Crippen molar-refractivity contribution in [2.45, 2.75) is 32.7 Å². The van der Waals surface area contributed by atoms with Crippen molar-refractivity contribution >= 4 is 11.0 Å². The Hall–Kier alpha value is -1.32. The number of aryl methyl sites for hydroxylation is 1. The summed E-state index contributed by atoms with van der Waals surface area (Å²) in [7, 11) is 0. The largest absolute Gasteiger partial charge is 0.461 e. The van der Waals surface area contributed by atoms with Crippen LogP contribution in [0.5, 0.6) is 0 Å². The van der Waals surface area contributed by atoms with E-state index >= 15 is 0 Å². The Labute approximate surface area is 120 Å². The number of nitrogens with two attached hydrogens (primary N) is 1. The van der Waals surface area contributed by atoms with Crippen molar-refractivity contribution < 1.29 is 4.42 Å². The third-order valence-corrected chi connectivity index (χ3v) is 4.41. The zero-order valence-electron chi connectivity index (χ0n) is 12.4. The standard InChI is InChI=1S/C17H24N2O/c1-3-19(11-13-8-9-13)15(10-18)17-12(2)20-16-7-5-4-6-14(16)17/h4-7,13,15H,3,8-11,18H2,1-2H3. The summed E-state index contributed by atoms with van der Waals surface area (Å²) in [6, 6.07) is 8.55. The zero-order chi connectivity index (χ0) is 14.1. The number of likely N-dealkylation sites (N-methyl/N-ethyl adjacent to an activating group) is 1. The van der Waals surface area contributed by atoms with Gasteiger partial charge in [-0.25, -0.2) is 0 Å². The lowest BCUT2D eigenvalue weighted by Gasteiger charge is -2.30. The number of hydrogen-bond donors (Lipinski definition) is 1. The molecule has 1 unspecified atom stereocenters. The highest BCUT2D eigenvalue weighted by atomic mass is 16.3. The van der Waals surface area contributed by atoms with E-state index in [1.165, 1.54) is 23.8 Å². The number of nitrogens with zero attached hydrogens (tertiary/aromatic N) is 1. The van der Waals surface area contributed by atoms with Crippen LogP contribution in [0.4, 0.5) is 0 Å². The minimum atomic E-state index is 0.268. The number of furan rings is 1. The van der Waals surface area contributed by atoms with Crippen molar-refractivity contribution in [2.24, 2.45) is 11.7 Å². The van der Waals surface area contributed by atoms with E-state index in [0.29, 0.717) is 6.54 Å². The second-order valence-corrected chi connectivity index (χ2v) is 5.85. The Balaban J connectivity index is 1.98. The smallest absolute Gasteiger partial charge is 0.134 e. The fourth-order valence-electron chi connectivity index (χ4n) is 3.16. The van der Waals surface area contributed by atoms with E-state index < -0.39 is 0 Å². The molecule has 1 saturated carbocycles. The Morgan fingerprint density at radius 2 is 2.10 bits per heavy atom. The lowest BCUT2D eigenvalue weighted by molar-refractivity contribution is 0.203. The minimum Gasteiger partial charge on any atom is -0.461 e. The van der Waals surface area contributed by atoms with Gasteiger partial charge in [-0.3, -0.25) is 4.90 Å². The van der Waals surface area contributed by atoms with Gasteiger partial charge in [-0.15, -0.1) is 0 Å². The van der Waals surface area contributed by atoms with Crippen LogP contribution in [0.15, 0.2) is 28.7 Å². The molecule has 0 bridgehead atoms. The molecule has 0 spiro atoms. The topological polar surface area (TPSA) is 42.4 Å². The van der Waals surface area contributed by atoms with Gasteiger partial charge in [-0.1, -0.05) is 25.1 Å². The summed E-state index contributed by atoms with van der Waals surface area (Å²) in [6.45, 7) is 7.13. The molecule has 1 fully saturated rings. The molecule has 1 aliphatic carbocycles. The van der Waals surface area contributed by atoms with Crippen LogP contribution in [0.2, 0.25) is 0 Å².